The summed E-state index contributed by atoms with van der Waals surface area (Å²) in [4.78, 5) is 21.8. The molecule has 1 aromatic rings. The lowest BCUT2D eigenvalue weighted by molar-refractivity contribution is -0.141. The molecule has 0 aromatic carbocycles. The van der Waals surface area contributed by atoms with Crippen LogP contribution in [-0.2, 0) is 11.0 Å². The third kappa shape index (κ3) is 2.93. The van der Waals surface area contributed by atoms with E-state index in [0.717, 1.165) is 18.9 Å². The van der Waals surface area contributed by atoms with Crippen LogP contribution in [0.2, 0.25) is 0 Å². The second-order valence-electron chi connectivity index (χ2n) is 7.11. The van der Waals surface area contributed by atoms with Crippen LogP contribution in [0, 0.1) is 18.8 Å². The first-order chi connectivity index (χ1) is 11.1. The van der Waals surface area contributed by atoms with E-state index in [1.165, 1.54) is 6.92 Å². The zero-order chi connectivity index (χ0) is 17.7. The molecule has 0 spiro atoms. The van der Waals surface area contributed by atoms with Crippen molar-refractivity contribution in [3.05, 3.63) is 17.5 Å². The van der Waals surface area contributed by atoms with Gasteiger partial charge < -0.3 is 10.2 Å². The SMILES string of the molecule is Cc1cc(C(F)(F)F)nc(NC23CCC2CN(C(=O)C(C)C)C3)n1. The Hall–Kier alpha value is -1.86. The summed E-state index contributed by atoms with van der Waals surface area (Å²) in [6, 6.07) is 0.935. The van der Waals surface area contributed by atoms with E-state index in [0.29, 0.717) is 13.1 Å². The first kappa shape index (κ1) is 17.0. The van der Waals surface area contributed by atoms with Gasteiger partial charge in [-0.2, -0.15) is 13.2 Å². The molecule has 8 heteroatoms. The van der Waals surface area contributed by atoms with Gasteiger partial charge in [-0.3, -0.25) is 4.79 Å². The van der Waals surface area contributed by atoms with Crippen molar-refractivity contribution in [3.8, 4) is 0 Å². The van der Waals surface area contributed by atoms with E-state index in [9.17, 15) is 18.0 Å². The maximum atomic E-state index is 12.9. The van der Waals surface area contributed by atoms with Crippen molar-refractivity contribution >= 4 is 11.9 Å². The number of carbonyl (C=O) groups excluding carboxylic acids is 1. The number of hydrogen-bond acceptors (Lipinski definition) is 4. The zero-order valence-corrected chi connectivity index (χ0v) is 13.9. The molecule has 2 unspecified atom stereocenters. The highest BCUT2D eigenvalue weighted by molar-refractivity contribution is 5.79. The number of nitrogens with zero attached hydrogens (tertiary/aromatic N) is 3. The molecule has 5 nitrogen and oxygen atoms in total. The Kier molecular flexibility index (Phi) is 3.96. The molecular formula is C16H21F3N4O. The second kappa shape index (κ2) is 5.60. The molecule has 2 fully saturated rings. The molecule has 1 aliphatic carbocycles. The molecule has 1 aliphatic heterocycles. The number of nitrogens with one attached hydrogen (secondary N) is 1. The van der Waals surface area contributed by atoms with Crippen LogP contribution in [0.25, 0.3) is 0 Å². The van der Waals surface area contributed by atoms with Gasteiger partial charge in [-0.1, -0.05) is 13.8 Å². The standard InChI is InChI=1S/C16H21F3N4O/c1-9(2)13(24)23-7-11-4-5-15(11,8-23)22-14-20-10(3)6-12(21-14)16(17,18)19/h6,9,11H,4-5,7-8H2,1-3H3,(H,20,21,22). The van der Waals surface area contributed by atoms with Gasteiger partial charge in [-0.25, -0.2) is 9.97 Å². The topological polar surface area (TPSA) is 58.1 Å². The lowest BCUT2D eigenvalue weighted by Crippen LogP contribution is -2.54. The molecule has 24 heavy (non-hydrogen) atoms. The first-order valence-electron chi connectivity index (χ1n) is 8.10. The van der Waals surface area contributed by atoms with Gasteiger partial charge in [0.15, 0.2) is 0 Å². The van der Waals surface area contributed by atoms with E-state index < -0.39 is 17.4 Å². The highest BCUT2D eigenvalue weighted by Crippen LogP contribution is 2.46. The Morgan fingerprint density at radius 3 is 2.67 bits per heavy atom. The third-order valence-electron chi connectivity index (χ3n) is 4.95. The Bertz CT molecular complexity index is 661. The van der Waals surface area contributed by atoms with E-state index in [2.05, 4.69) is 15.3 Å². The quantitative estimate of drug-likeness (QED) is 0.918. The largest absolute Gasteiger partial charge is 0.433 e. The molecule has 1 aromatic heterocycles. The van der Waals surface area contributed by atoms with Crippen LogP contribution in [0.15, 0.2) is 6.07 Å². The highest BCUT2D eigenvalue weighted by Gasteiger charge is 2.54. The normalized spacial score (nSPS) is 26.3. The molecule has 2 atom stereocenters. The van der Waals surface area contributed by atoms with Crippen molar-refractivity contribution in [1.82, 2.24) is 14.9 Å². The number of likely N-dealkylation sites (tertiary alicyclic amines) is 1. The van der Waals surface area contributed by atoms with Crippen molar-refractivity contribution < 1.29 is 18.0 Å². The molecule has 132 valence electrons. The van der Waals surface area contributed by atoms with Crippen LogP contribution in [0.5, 0.6) is 0 Å². The number of rotatable bonds is 3. The Morgan fingerprint density at radius 1 is 1.42 bits per heavy atom. The highest BCUT2D eigenvalue weighted by atomic mass is 19.4. The zero-order valence-electron chi connectivity index (χ0n) is 13.9. The van der Waals surface area contributed by atoms with E-state index >= 15 is 0 Å². The fraction of sp³-hybridized carbons (Fsp3) is 0.688. The maximum absolute atomic E-state index is 12.9. The summed E-state index contributed by atoms with van der Waals surface area (Å²) >= 11 is 0. The molecule has 0 bridgehead atoms. The number of hydrogen-bond donors (Lipinski definition) is 1. The number of alkyl halides is 3. The fourth-order valence-electron chi connectivity index (χ4n) is 3.57. The molecular weight excluding hydrogens is 321 g/mol. The molecule has 0 radical (unpaired) electrons. The number of amides is 1. The Balaban J connectivity index is 1.81. The van der Waals surface area contributed by atoms with Gasteiger partial charge >= 0.3 is 6.18 Å². The summed E-state index contributed by atoms with van der Waals surface area (Å²) in [7, 11) is 0. The number of anilines is 1. The molecule has 1 saturated heterocycles. The van der Waals surface area contributed by atoms with Gasteiger partial charge in [0.2, 0.25) is 11.9 Å². The summed E-state index contributed by atoms with van der Waals surface area (Å²) in [5.41, 5.74) is -1.08. The van der Waals surface area contributed by atoms with Crippen LogP contribution in [-0.4, -0.2) is 39.4 Å². The first-order valence-corrected chi connectivity index (χ1v) is 8.10. The smallest absolute Gasteiger partial charge is 0.347 e. The van der Waals surface area contributed by atoms with Gasteiger partial charge in [0.05, 0.1) is 5.54 Å². The molecule has 2 aliphatic rings. The monoisotopic (exact) mass is 342 g/mol. The van der Waals surface area contributed by atoms with Gasteiger partial charge in [-0.15, -0.1) is 0 Å². The van der Waals surface area contributed by atoms with Crippen LogP contribution < -0.4 is 5.32 Å². The summed E-state index contributed by atoms with van der Waals surface area (Å²) in [6.45, 7) is 6.35. The predicted octanol–water partition coefficient (Wildman–Crippen LogP) is 2.86. The lowest BCUT2D eigenvalue weighted by atomic mass is 9.69. The number of carbonyl (C=O) groups is 1. The molecule has 3 rings (SSSR count). The molecule has 2 heterocycles. The van der Waals surface area contributed by atoms with Crippen molar-refractivity contribution in [2.75, 3.05) is 18.4 Å². The summed E-state index contributed by atoms with van der Waals surface area (Å²) in [5, 5.41) is 3.11. The van der Waals surface area contributed by atoms with E-state index in [4.69, 9.17) is 0 Å². The maximum Gasteiger partial charge on any atom is 0.433 e. The average molecular weight is 342 g/mol. The Morgan fingerprint density at radius 2 is 2.12 bits per heavy atom. The van der Waals surface area contributed by atoms with E-state index in [-0.39, 0.29) is 29.4 Å². The minimum Gasteiger partial charge on any atom is -0.347 e. The number of fused-ring (bicyclic) bond motifs is 1. The summed E-state index contributed by atoms with van der Waals surface area (Å²) < 4.78 is 38.8. The van der Waals surface area contributed by atoms with Gasteiger partial charge in [0.1, 0.15) is 5.69 Å². The molecule has 1 saturated carbocycles. The van der Waals surface area contributed by atoms with Gasteiger partial charge in [-0.05, 0) is 25.8 Å². The molecule has 1 N–H and O–H groups in total. The van der Waals surface area contributed by atoms with Gasteiger partial charge in [0.25, 0.3) is 0 Å². The predicted molar refractivity (Wildman–Crippen MR) is 82.3 cm³/mol. The average Bonchev–Trinajstić information content (AvgIpc) is 2.69. The number of aromatic nitrogens is 2. The lowest BCUT2D eigenvalue weighted by Gasteiger charge is -2.44. The van der Waals surface area contributed by atoms with Crippen LogP contribution in [0.1, 0.15) is 38.1 Å². The van der Waals surface area contributed by atoms with Crippen LogP contribution in [0.3, 0.4) is 0 Å². The van der Waals surface area contributed by atoms with Crippen molar-refractivity contribution in [2.45, 2.75) is 45.3 Å². The van der Waals surface area contributed by atoms with E-state index in [1.54, 1.807) is 4.90 Å². The van der Waals surface area contributed by atoms with Crippen LogP contribution >= 0.6 is 0 Å². The third-order valence-corrected chi connectivity index (χ3v) is 4.95. The number of halogens is 3. The van der Waals surface area contributed by atoms with Crippen molar-refractivity contribution in [3.63, 3.8) is 0 Å². The van der Waals surface area contributed by atoms with Crippen molar-refractivity contribution in [1.29, 1.82) is 0 Å². The fourth-order valence-corrected chi connectivity index (χ4v) is 3.57. The van der Waals surface area contributed by atoms with Gasteiger partial charge in [0, 0.05) is 30.6 Å². The summed E-state index contributed by atoms with van der Waals surface area (Å²) in [5.74, 6) is 0.211. The number of aryl methyl sites for hydroxylation is 1. The Labute approximate surface area is 138 Å². The second-order valence-corrected chi connectivity index (χ2v) is 7.11. The molecule has 1 amide bonds. The summed E-state index contributed by atoms with van der Waals surface area (Å²) in [6.07, 6.45) is -2.75. The minimum absolute atomic E-state index is 0.00845. The minimum atomic E-state index is -4.50. The van der Waals surface area contributed by atoms with Crippen molar-refractivity contribution in [2.24, 2.45) is 11.8 Å². The van der Waals surface area contributed by atoms with Crippen LogP contribution in [0.4, 0.5) is 19.1 Å². The van der Waals surface area contributed by atoms with E-state index in [1.807, 2.05) is 13.8 Å².